The van der Waals surface area contributed by atoms with Crippen LogP contribution in [0.3, 0.4) is 0 Å². The van der Waals surface area contributed by atoms with Crippen molar-refractivity contribution in [2.45, 2.75) is 20.1 Å². The molecule has 0 atom stereocenters. The fraction of sp³-hybridized carbons (Fsp3) is 0.0952. The number of nitrogens with one attached hydrogen (secondary N) is 2. The molecular formula is C21H17N11S2. The van der Waals surface area contributed by atoms with E-state index in [0.717, 1.165) is 32.3 Å². The summed E-state index contributed by atoms with van der Waals surface area (Å²) in [4.78, 5) is 6.56. The first-order chi connectivity index (χ1) is 16.7. The summed E-state index contributed by atoms with van der Waals surface area (Å²) >= 11 is 2.96. The largest absolute Gasteiger partial charge is 0.372 e. The average Bonchev–Trinajstić information content (AvgIpc) is 3.47. The summed E-state index contributed by atoms with van der Waals surface area (Å²) in [6, 6.07) is 15.7. The molecule has 11 nitrogen and oxygen atoms in total. The van der Waals surface area contributed by atoms with E-state index >= 15 is 0 Å². The third-order valence-corrected chi connectivity index (χ3v) is 6.85. The van der Waals surface area contributed by atoms with Crippen LogP contribution in [-0.4, -0.2) is 58.7 Å². The van der Waals surface area contributed by atoms with Crippen molar-refractivity contribution in [3.8, 4) is 0 Å². The van der Waals surface area contributed by atoms with Crippen LogP contribution in [0.15, 0.2) is 74.8 Å². The Labute approximate surface area is 201 Å². The zero-order valence-electron chi connectivity index (χ0n) is 18.0. The summed E-state index contributed by atoms with van der Waals surface area (Å²) in [5.74, 6) is 1.49. The Bertz CT molecular complexity index is 1540. The highest BCUT2D eigenvalue weighted by molar-refractivity contribution is 7.99. The van der Waals surface area contributed by atoms with Gasteiger partial charge in [-0.1, -0.05) is 0 Å². The molecule has 0 bridgehead atoms. The lowest BCUT2D eigenvalue weighted by Crippen LogP contribution is -1.99. The highest BCUT2D eigenvalue weighted by atomic mass is 32.2. The molecule has 0 radical (unpaired) electrons. The van der Waals surface area contributed by atoms with Gasteiger partial charge in [-0.25, -0.2) is 0 Å². The molecule has 0 spiro atoms. The number of hydrogen-bond acceptors (Lipinski definition) is 11. The van der Waals surface area contributed by atoms with Gasteiger partial charge >= 0.3 is 0 Å². The standard InChI is InChI=1S/C21H17N11S2/c1-22-16-5-7-18-25-27-20(31(18)29-16)33-13-3-4-15-12(9-13)10-14(11-24-15)34-21-28-26-19-8-6-17(23-2)30-32(19)21/h3-11H,1-2H3,(H,22,29)(H,23,30). The Morgan fingerprint density at radius 1 is 0.676 bits per heavy atom. The number of aromatic nitrogens is 9. The van der Waals surface area contributed by atoms with E-state index in [1.807, 2.05) is 56.7 Å². The lowest BCUT2D eigenvalue weighted by atomic mass is 10.2. The minimum absolute atomic E-state index is 0.667. The molecular weight excluding hydrogens is 470 g/mol. The van der Waals surface area contributed by atoms with Crippen LogP contribution in [-0.2, 0) is 0 Å². The predicted octanol–water partition coefficient (Wildman–Crippen LogP) is 3.50. The molecule has 6 aromatic rings. The van der Waals surface area contributed by atoms with E-state index in [0.29, 0.717) is 21.6 Å². The minimum Gasteiger partial charge on any atom is -0.372 e. The summed E-state index contributed by atoms with van der Waals surface area (Å²) < 4.78 is 3.45. The van der Waals surface area contributed by atoms with Crippen LogP contribution in [0.4, 0.5) is 11.6 Å². The molecule has 0 fully saturated rings. The van der Waals surface area contributed by atoms with Gasteiger partial charge in [-0.15, -0.1) is 30.6 Å². The van der Waals surface area contributed by atoms with Gasteiger partial charge in [-0.3, -0.25) is 4.98 Å². The number of benzene rings is 1. The molecule has 5 aromatic heterocycles. The van der Waals surface area contributed by atoms with Gasteiger partial charge in [-0.2, -0.15) is 9.03 Å². The van der Waals surface area contributed by atoms with E-state index in [1.165, 1.54) is 23.5 Å². The molecule has 0 amide bonds. The topological polar surface area (TPSA) is 123 Å². The van der Waals surface area contributed by atoms with Crippen molar-refractivity contribution in [3.63, 3.8) is 0 Å². The molecule has 0 saturated carbocycles. The molecule has 0 aliphatic heterocycles. The van der Waals surface area contributed by atoms with Crippen LogP contribution in [0, 0.1) is 0 Å². The zero-order chi connectivity index (χ0) is 23.1. The van der Waals surface area contributed by atoms with Crippen molar-refractivity contribution < 1.29 is 0 Å². The quantitative estimate of drug-likeness (QED) is 0.359. The van der Waals surface area contributed by atoms with Crippen LogP contribution in [0.2, 0.25) is 0 Å². The van der Waals surface area contributed by atoms with Crippen LogP contribution in [0.1, 0.15) is 0 Å². The lowest BCUT2D eigenvalue weighted by molar-refractivity contribution is 0.812. The van der Waals surface area contributed by atoms with E-state index in [-0.39, 0.29) is 0 Å². The second-order valence-electron chi connectivity index (χ2n) is 7.17. The van der Waals surface area contributed by atoms with Crippen LogP contribution in [0.25, 0.3) is 22.2 Å². The van der Waals surface area contributed by atoms with Crippen molar-refractivity contribution in [2.24, 2.45) is 0 Å². The molecule has 0 unspecified atom stereocenters. The van der Waals surface area contributed by atoms with Crippen LogP contribution < -0.4 is 10.6 Å². The highest BCUT2D eigenvalue weighted by Crippen LogP contribution is 2.32. The maximum Gasteiger partial charge on any atom is 0.217 e. The van der Waals surface area contributed by atoms with E-state index in [1.54, 1.807) is 9.03 Å². The number of fused-ring (bicyclic) bond motifs is 3. The normalized spacial score (nSPS) is 11.5. The number of nitrogens with zero attached hydrogens (tertiary/aromatic N) is 9. The number of rotatable bonds is 6. The first-order valence-corrected chi connectivity index (χ1v) is 11.9. The number of pyridine rings is 1. The molecule has 2 N–H and O–H groups in total. The van der Waals surface area contributed by atoms with Gasteiger partial charge in [-0.05, 0) is 72.1 Å². The molecule has 0 saturated heterocycles. The molecule has 13 heteroatoms. The van der Waals surface area contributed by atoms with Gasteiger partial charge in [0.2, 0.25) is 10.3 Å². The molecule has 0 aliphatic carbocycles. The Kier molecular flexibility index (Phi) is 5.11. The Morgan fingerprint density at radius 2 is 1.26 bits per heavy atom. The molecule has 5 heterocycles. The zero-order valence-corrected chi connectivity index (χ0v) is 19.7. The van der Waals surface area contributed by atoms with Gasteiger partial charge in [0.05, 0.1) is 5.52 Å². The maximum absolute atomic E-state index is 4.61. The van der Waals surface area contributed by atoms with E-state index in [9.17, 15) is 0 Å². The van der Waals surface area contributed by atoms with Crippen molar-refractivity contribution in [1.29, 1.82) is 0 Å². The number of anilines is 2. The summed E-state index contributed by atoms with van der Waals surface area (Å²) in [7, 11) is 3.65. The SMILES string of the molecule is CNc1ccc2nnc(Sc3ccc4ncc(Sc5nnc6ccc(NC)nn56)cc4c3)n2n1. The summed E-state index contributed by atoms with van der Waals surface area (Å²) in [5.41, 5.74) is 2.28. The monoisotopic (exact) mass is 487 g/mol. The van der Waals surface area contributed by atoms with E-state index < -0.39 is 0 Å². The van der Waals surface area contributed by atoms with Gasteiger partial charge < -0.3 is 10.6 Å². The summed E-state index contributed by atoms with van der Waals surface area (Å²) in [6.45, 7) is 0. The lowest BCUT2D eigenvalue weighted by Gasteiger charge is -2.05. The Balaban J connectivity index is 1.31. The smallest absolute Gasteiger partial charge is 0.217 e. The fourth-order valence-corrected chi connectivity index (χ4v) is 4.99. The van der Waals surface area contributed by atoms with Crippen molar-refractivity contribution >= 4 is 57.4 Å². The first kappa shape index (κ1) is 20.6. The number of hydrogen-bond donors (Lipinski definition) is 2. The molecule has 0 aliphatic rings. The minimum atomic E-state index is 0.667. The fourth-order valence-electron chi connectivity index (χ4n) is 3.35. The molecule has 6 rings (SSSR count). The van der Waals surface area contributed by atoms with Crippen LogP contribution in [0.5, 0.6) is 0 Å². The maximum atomic E-state index is 4.61. The second kappa shape index (κ2) is 8.43. The van der Waals surface area contributed by atoms with Crippen LogP contribution >= 0.6 is 23.5 Å². The Hall–Kier alpha value is -3.97. The predicted molar refractivity (Wildman–Crippen MR) is 131 cm³/mol. The van der Waals surface area contributed by atoms with Crippen molar-refractivity contribution in [2.75, 3.05) is 24.7 Å². The molecule has 168 valence electrons. The highest BCUT2D eigenvalue weighted by Gasteiger charge is 2.12. The van der Waals surface area contributed by atoms with Crippen molar-refractivity contribution in [1.82, 2.24) is 44.6 Å². The van der Waals surface area contributed by atoms with Crippen molar-refractivity contribution in [3.05, 3.63) is 54.7 Å². The molecule has 1 aromatic carbocycles. The van der Waals surface area contributed by atoms with Gasteiger partial charge in [0.15, 0.2) is 11.3 Å². The average molecular weight is 488 g/mol. The third kappa shape index (κ3) is 3.74. The Morgan fingerprint density at radius 3 is 1.88 bits per heavy atom. The van der Waals surface area contributed by atoms with Gasteiger partial charge in [0.1, 0.15) is 11.6 Å². The van der Waals surface area contributed by atoms with Gasteiger partial charge in [0, 0.05) is 35.5 Å². The third-order valence-electron chi connectivity index (χ3n) is 5.03. The van der Waals surface area contributed by atoms with Gasteiger partial charge in [0.25, 0.3) is 0 Å². The summed E-state index contributed by atoms with van der Waals surface area (Å²) in [6.07, 6.45) is 1.83. The second-order valence-corrected chi connectivity index (χ2v) is 9.25. The first-order valence-electron chi connectivity index (χ1n) is 10.3. The van der Waals surface area contributed by atoms with E-state index in [4.69, 9.17) is 0 Å². The summed E-state index contributed by atoms with van der Waals surface area (Å²) in [5, 5.41) is 34.4. The van der Waals surface area contributed by atoms with E-state index in [2.05, 4.69) is 58.3 Å². The molecule has 34 heavy (non-hydrogen) atoms.